The number of likely N-dealkylation sites (N-methyl/N-ethyl adjacent to an activating group) is 1. The number of hydrogen-bond donors (Lipinski definition) is 1. The van der Waals surface area contributed by atoms with Crippen molar-refractivity contribution < 1.29 is 4.74 Å². The minimum absolute atomic E-state index is 0. The summed E-state index contributed by atoms with van der Waals surface area (Å²) < 4.78 is 5.07. The predicted octanol–water partition coefficient (Wildman–Crippen LogP) is 3.20. The Balaban J connectivity index is 0.00000529. The fraction of sp³-hybridized carbons (Fsp3) is 0.562. The van der Waals surface area contributed by atoms with Crippen LogP contribution in [-0.4, -0.2) is 70.3 Å². The molecule has 1 N–H and O–H groups in total. The van der Waals surface area contributed by atoms with E-state index in [-0.39, 0.29) is 24.0 Å². The first-order valence-electron chi connectivity index (χ1n) is 7.51. The van der Waals surface area contributed by atoms with Crippen LogP contribution in [0.2, 0.25) is 10.0 Å². The molecule has 24 heavy (non-hydrogen) atoms. The summed E-state index contributed by atoms with van der Waals surface area (Å²) in [6, 6.07) is 5.66. The molecule has 8 heteroatoms. The van der Waals surface area contributed by atoms with Crippen molar-refractivity contribution in [2.24, 2.45) is 4.99 Å². The van der Waals surface area contributed by atoms with Gasteiger partial charge in [0, 0.05) is 47.4 Å². The van der Waals surface area contributed by atoms with E-state index in [9.17, 15) is 0 Å². The van der Waals surface area contributed by atoms with Crippen molar-refractivity contribution in [2.45, 2.75) is 6.54 Å². The lowest BCUT2D eigenvalue weighted by Crippen LogP contribution is -2.42. The maximum atomic E-state index is 6.06. The Morgan fingerprint density at radius 2 is 1.92 bits per heavy atom. The van der Waals surface area contributed by atoms with Gasteiger partial charge in [-0.1, -0.05) is 29.3 Å². The first-order valence-corrected chi connectivity index (χ1v) is 8.26. The number of benzene rings is 1. The topological polar surface area (TPSA) is 40.1 Å². The van der Waals surface area contributed by atoms with E-state index in [2.05, 4.69) is 27.2 Å². The van der Waals surface area contributed by atoms with Crippen LogP contribution in [0.25, 0.3) is 0 Å². The molecular formula is C16H27Cl2IN4O. The molecule has 0 bridgehead atoms. The second-order valence-electron chi connectivity index (χ2n) is 5.37. The van der Waals surface area contributed by atoms with Gasteiger partial charge in [0.1, 0.15) is 0 Å². The fourth-order valence-corrected chi connectivity index (χ4v) is 2.41. The van der Waals surface area contributed by atoms with Crippen LogP contribution in [0.3, 0.4) is 0 Å². The summed E-state index contributed by atoms with van der Waals surface area (Å²) >= 11 is 12.0. The highest BCUT2D eigenvalue weighted by Crippen LogP contribution is 2.23. The van der Waals surface area contributed by atoms with Crippen molar-refractivity contribution in [3.63, 3.8) is 0 Å². The molecule has 0 aliphatic heterocycles. The average molecular weight is 489 g/mol. The summed E-state index contributed by atoms with van der Waals surface area (Å²) in [5, 5.41) is 4.50. The summed E-state index contributed by atoms with van der Waals surface area (Å²) in [4.78, 5) is 8.57. The number of nitrogens with one attached hydrogen (secondary N) is 1. The quantitative estimate of drug-likeness (QED) is 0.346. The van der Waals surface area contributed by atoms with E-state index in [0.29, 0.717) is 16.6 Å². The first-order chi connectivity index (χ1) is 11.0. The number of aliphatic imine (C=N–C) groups is 1. The maximum Gasteiger partial charge on any atom is 0.193 e. The number of guanidine groups is 1. The van der Waals surface area contributed by atoms with Crippen molar-refractivity contribution >= 4 is 53.1 Å². The Bertz CT molecular complexity index is 517. The molecule has 138 valence electrons. The smallest absolute Gasteiger partial charge is 0.193 e. The van der Waals surface area contributed by atoms with Crippen LogP contribution in [0.1, 0.15) is 5.56 Å². The van der Waals surface area contributed by atoms with E-state index in [4.69, 9.17) is 27.9 Å². The summed E-state index contributed by atoms with van der Waals surface area (Å²) in [6.45, 7) is 4.09. The van der Waals surface area contributed by atoms with Gasteiger partial charge in [0.25, 0.3) is 0 Å². The summed E-state index contributed by atoms with van der Waals surface area (Å²) in [7, 11) is 7.56. The van der Waals surface area contributed by atoms with Crippen LogP contribution >= 0.6 is 47.2 Å². The second-order valence-corrected chi connectivity index (χ2v) is 6.19. The molecule has 5 nitrogen and oxygen atoms in total. The number of nitrogens with zero attached hydrogens (tertiary/aromatic N) is 3. The van der Waals surface area contributed by atoms with Crippen molar-refractivity contribution in [3.8, 4) is 0 Å². The highest BCUT2D eigenvalue weighted by molar-refractivity contribution is 14.0. The molecule has 0 aromatic heterocycles. The van der Waals surface area contributed by atoms with Gasteiger partial charge in [-0.3, -0.25) is 4.99 Å². The average Bonchev–Trinajstić information content (AvgIpc) is 2.53. The SMILES string of the molecule is CN=C(NCCN(C)CCOC)N(C)Cc1ccc(Cl)c(Cl)c1.I. The second kappa shape index (κ2) is 13.0. The molecule has 0 radical (unpaired) electrons. The molecule has 0 saturated carbocycles. The van der Waals surface area contributed by atoms with E-state index in [1.54, 1.807) is 14.2 Å². The molecule has 1 aromatic carbocycles. The third-order valence-corrected chi connectivity index (χ3v) is 4.17. The van der Waals surface area contributed by atoms with Gasteiger partial charge in [-0.2, -0.15) is 0 Å². The van der Waals surface area contributed by atoms with Crippen LogP contribution in [-0.2, 0) is 11.3 Å². The molecular weight excluding hydrogens is 462 g/mol. The number of hydrogen-bond acceptors (Lipinski definition) is 3. The first kappa shape index (κ1) is 23.7. The van der Waals surface area contributed by atoms with Gasteiger partial charge in [-0.05, 0) is 24.7 Å². The zero-order chi connectivity index (χ0) is 17.2. The molecule has 0 fully saturated rings. The van der Waals surface area contributed by atoms with Crippen LogP contribution in [0, 0.1) is 0 Å². The standard InChI is InChI=1S/C16H26Cl2N4O.HI/c1-19-16(20-7-8-21(2)9-10-23-4)22(3)12-13-5-6-14(17)15(18)11-13;/h5-6,11H,7-10,12H2,1-4H3,(H,19,20);1H. The molecule has 0 heterocycles. The fourth-order valence-electron chi connectivity index (χ4n) is 2.09. The van der Waals surface area contributed by atoms with Crippen LogP contribution < -0.4 is 5.32 Å². The third kappa shape index (κ3) is 8.71. The van der Waals surface area contributed by atoms with E-state index in [1.165, 1.54) is 0 Å². The van der Waals surface area contributed by atoms with Crippen LogP contribution in [0.5, 0.6) is 0 Å². The van der Waals surface area contributed by atoms with Gasteiger partial charge in [0.2, 0.25) is 0 Å². The maximum absolute atomic E-state index is 6.06. The van der Waals surface area contributed by atoms with Gasteiger partial charge < -0.3 is 19.9 Å². The van der Waals surface area contributed by atoms with Crippen LogP contribution in [0.4, 0.5) is 0 Å². The third-order valence-electron chi connectivity index (χ3n) is 3.43. The Kier molecular flexibility index (Phi) is 12.8. The highest BCUT2D eigenvalue weighted by atomic mass is 127. The number of rotatable bonds is 8. The normalized spacial score (nSPS) is 11.4. The lowest BCUT2D eigenvalue weighted by atomic mass is 10.2. The summed E-state index contributed by atoms with van der Waals surface area (Å²) in [5.74, 6) is 0.844. The number of ether oxygens (including phenoxy) is 1. The zero-order valence-corrected chi connectivity index (χ0v) is 18.5. The Hall–Kier alpha value is -0.280. The van der Waals surface area contributed by atoms with Crippen molar-refractivity contribution in [2.75, 3.05) is 54.5 Å². The number of methoxy groups -OCH3 is 1. The lowest BCUT2D eigenvalue weighted by Gasteiger charge is -2.23. The Morgan fingerprint density at radius 1 is 1.21 bits per heavy atom. The minimum Gasteiger partial charge on any atom is -0.383 e. The van der Waals surface area contributed by atoms with Crippen molar-refractivity contribution in [1.29, 1.82) is 0 Å². The van der Waals surface area contributed by atoms with Crippen molar-refractivity contribution in [3.05, 3.63) is 33.8 Å². The number of halogens is 3. The molecule has 1 aromatic rings. The predicted molar refractivity (Wildman–Crippen MR) is 114 cm³/mol. The van der Waals surface area contributed by atoms with Gasteiger partial charge in [-0.15, -0.1) is 24.0 Å². The van der Waals surface area contributed by atoms with Crippen molar-refractivity contribution in [1.82, 2.24) is 15.1 Å². The molecule has 1 rings (SSSR count). The molecule has 0 unspecified atom stereocenters. The molecule has 0 amide bonds. The van der Waals surface area contributed by atoms with Crippen LogP contribution in [0.15, 0.2) is 23.2 Å². The monoisotopic (exact) mass is 488 g/mol. The molecule has 0 spiro atoms. The summed E-state index contributed by atoms with van der Waals surface area (Å²) in [5.41, 5.74) is 1.09. The Labute approximate surface area is 172 Å². The van der Waals surface area contributed by atoms with Gasteiger partial charge in [-0.25, -0.2) is 0 Å². The molecule has 0 aliphatic carbocycles. The molecule has 0 aliphatic rings. The largest absolute Gasteiger partial charge is 0.383 e. The summed E-state index contributed by atoms with van der Waals surface area (Å²) in [6.07, 6.45) is 0. The van der Waals surface area contributed by atoms with Gasteiger partial charge >= 0.3 is 0 Å². The highest BCUT2D eigenvalue weighted by Gasteiger charge is 2.08. The van der Waals surface area contributed by atoms with Gasteiger partial charge in [0.15, 0.2) is 5.96 Å². The van der Waals surface area contributed by atoms with E-state index >= 15 is 0 Å². The minimum atomic E-state index is 0. The van der Waals surface area contributed by atoms with Gasteiger partial charge in [0.05, 0.1) is 16.7 Å². The zero-order valence-electron chi connectivity index (χ0n) is 14.7. The van der Waals surface area contributed by atoms with E-state index in [0.717, 1.165) is 37.8 Å². The van der Waals surface area contributed by atoms with E-state index < -0.39 is 0 Å². The molecule has 0 atom stereocenters. The Morgan fingerprint density at radius 3 is 2.50 bits per heavy atom. The molecule has 0 saturated heterocycles. The van der Waals surface area contributed by atoms with E-state index in [1.807, 2.05) is 25.2 Å². The lowest BCUT2D eigenvalue weighted by molar-refractivity contribution is 0.162.